The first-order valence-corrected chi connectivity index (χ1v) is 8.27. The topological polar surface area (TPSA) is 91.4 Å². The van der Waals surface area contributed by atoms with Gasteiger partial charge in [-0.3, -0.25) is 5.10 Å². The number of halogens is 2. The van der Waals surface area contributed by atoms with E-state index in [1.54, 1.807) is 6.92 Å². The van der Waals surface area contributed by atoms with Crippen LogP contribution in [0.1, 0.15) is 37.6 Å². The van der Waals surface area contributed by atoms with Gasteiger partial charge in [0, 0.05) is 23.4 Å². The van der Waals surface area contributed by atoms with Crippen LogP contribution in [0.2, 0.25) is 0 Å². The van der Waals surface area contributed by atoms with E-state index in [0.29, 0.717) is 17.3 Å². The Balaban J connectivity index is 1.70. The van der Waals surface area contributed by atoms with Crippen LogP contribution in [-0.4, -0.2) is 25.1 Å². The van der Waals surface area contributed by atoms with Gasteiger partial charge in [0.25, 0.3) is 0 Å². The first-order valence-electron chi connectivity index (χ1n) is 8.27. The minimum absolute atomic E-state index is 0.267. The van der Waals surface area contributed by atoms with Gasteiger partial charge in [-0.15, -0.1) is 0 Å². The summed E-state index contributed by atoms with van der Waals surface area (Å²) in [4.78, 5) is 12.3. The van der Waals surface area contributed by atoms with Crippen molar-refractivity contribution in [1.82, 2.24) is 25.1 Å². The predicted octanol–water partition coefficient (Wildman–Crippen LogP) is 3.74. The Bertz CT molecular complexity index is 881. The van der Waals surface area contributed by atoms with Crippen molar-refractivity contribution in [3.63, 3.8) is 0 Å². The summed E-state index contributed by atoms with van der Waals surface area (Å²) >= 11 is 0. The van der Waals surface area contributed by atoms with Gasteiger partial charge in [0.05, 0.1) is 6.04 Å². The molecular weight excluding hydrogens is 340 g/mol. The van der Waals surface area contributed by atoms with E-state index in [9.17, 15) is 8.78 Å². The predicted molar refractivity (Wildman–Crippen MR) is 94.1 cm³/mol. The molecule has 9 heteroatoms. The van der Waals surface area contributed by atoms with Crippen LogP contribution in [0.4, 0.5) is 26.5 Å². The number of hydrogen-bond acceptors (Lipinski definition) is 6. The Kier molecular flexibility index (Phi) is 5.35. The zero-order valence-electron chi connectivity index (χ0n) is 14.4. The molecule has 2 aromatic heterocycles. The molecule has 26 heavy (non-hydrogen) atoms. The van der Waals surface area contributed by atoms with Gasteiger partial charge in [0.1, 0.15) is 18.0 Å². The van der Waals surface area contributed by atoms with E-state index < -0.39 is 17.7 Å². The molecule has 0 aliphatic carbocycles. The molecule has 2 heterocycles. The fraction of sp³-hybridized carbons (Fsp3) is 0.294. The minimum atomic E-state index is -0.627. The van der Waals surface area contributed by atoms with Gasteiger partial charge in [-0.25, -0.2) is 18.7 Å². The minimum Gasteiger partial charge on any atom is -0.347 e. The molecule has 1 unspecified atom stereocenters. The third kappa shape index (κ3) is 4.29. The summed E-state index contributed by atoms with van der Waals surface area (Å²) in [5.41, 5.74) is 1.33. The van der Waals surface area contributed by atoms with Crippen LogP contribution in [0.15, 0.2) is 30.6 Å². The Morgan fingerprint density at radius 2 is 1.96 bits per heavy atom. The number of nitrogens with zero attached hydrogens (tertiary/aromatic N) is 4. The molecule has 0 saturated carbocycles. The van der Waals surface area contributed by atoms with Gasteiger partial charge >= 0.3 is 0 Å². The van der Waals surface area contributed by atoms with Crippen LogP contribution in [0.25, 0.3) is 0 Å². The van der Waals surface area contributed by atoms with E-state index >= 15 is 0 Å². The molecule has 3 N–H and O–H groups in total. The van der Waals surface area contributed by atoms with Crippen LogP contribution in [0.5, 0.6) is 0 Å². The second-order valence-electron chi connectivity index (χ2n) is 5.82. The normalized spacial score (nSPS) is 12.0. The third-order valence-electron chi connectivity index (χ3n) is 3.74. The van der Waals surface area contributed by atoms with Crippen molar-refractivity contribution < 1.29 is 8.78 Å². The smallest absolute Gasteiger partial charge is 0.233 e. The summed E-state index contributed by atoms with van der Waals surface area (Å²) in [7, 11) is 0. The summed E-state index contributed by atoms with van der Waals surface area (Å²) in [6, 6.07) is 4.88. The van der Waals surface area contributed by atoms with Crippen molar-refractivity contribution in [1.29, 1.82) is 0 Å². The SMILES string of the molecule is CCCc1cc(Nc2ncnc(NC(C)c3ccc(F)cc3F)n2)n[nH]1. The van der Waals surface area contributed by atoms with Gasteiger partial charge < -0.3 is 10.6 Å². The number of hydrogen-bond donors (Lipinski definition) is 3. The number of benzene rings is 1. The Hall–Kier alpha value is -3.10. The molecule has 3 aromatic rings. The molecule has 0 bridgehead atoms. The lowest BCUT2D eigenvalue weighted by Crippen LogP contribution is -2.12. The number of aromatic nitrogens is 5. The molecule has 0 amide bonds. The van der Waals surface area contributed by atoms with Gasteiger partial charge in [-0.2, -0.15) is 10.1 Å². The van der Waals surface area contributed by atoms with Crippen LogP contribution in [-0.2, 0) is 6.42 Å². The molecule has 1 atom stereocenters. The highest BCUT2D eigenvalue weighted by Gasteiger charge is 2.13. The first kappa shape index (κ1) is 17.7. The number of nitrogens with one attached hydrogen (secondary N) is 3. The molecule has 0 aliphatic rings. The van der Waals surface area contributed by atoms with Crippen LogP contribution in [0, 0.1) is 11.6 Å². The van der Waals surface area contributed by atoms with Crippen molar-refractivity contribution in [3.05, 3.63) is 53.5 Å². The van der Waals surface area contributed by atoms with Gasteiger partial charge in [0.2, 0.25) is 11.9 Å². The fourth-order valence-electron chi connectivity index (χ4n) is 2.49. The lowest BCUT2D eigenvalue weighted by molar-refractivity contribution is 0.566. The number of anilines is 3. The van der Waals surface area contributed by atoms with E-state index in [4.69, 9.17) is 0 Å². The summed E-state index contributed by atoms with van der Waals surface area (Å²) in [6.07, 6.45) is 3.25. The average Bonchev–Trinajstić information content (AvgIpc) is 3.02. The summed E-state index contributed by atoms with van der Waals surface area (Å²) in [5.74, 6) is -0.0704. The van der Waals surface area contributed by atoms with Crippen molar-refractivity contribution >= 4 is 17.7 Å². The summed E-state index contributed by atoms with van der Waals surface area (Å²) in [5, 5.41) is 13.0. The zero-order chi connectivity index (χ0) is 18.5. The number of H-pyrrole nitrogens is 1. The molecule has 7 nitrogen and oxygen atoms in total. The maximum Gasteiger partial charge on any atom is 0.233 e. The lowest BCUT2D eigenvalue weighted by Gasteiger charge is -2.15. The second kappa shape index (κ2) is 7.85. The molecule has 0 spiro atoms. The fourth-order valence-corrected chi connectivity index (χ4v) is 2.49. The number of rotatable bonds is 7. The quantitative estimate of drug-likeness (QED) is 0.595. The molecule has 3 rings (SSSR count). The summed E-state index contributed by atoms with van der Waals surface area (Å²) < 4.78 is 26.9. The largest absolute Gasteiger partial charge is 0.347 e. The van der Waals surface area contributed by atoms with E-state index in [0.717, 1.165) is 24.6 Å². The highest BCUT2D eigenvalue weighted by molar-refractivity contribution is 5.49. The average molecular weight is 359 g/mol. The Labute approximate surface area is 149 Å². The molecule has 0 radical (unpaired) electrons. The van der Waals surface area contributed by atoms with Crippen molar-refractivity contribution in [2.45, 2.75) is 32.7 Å². The zero-order valence-corrected chi connectivity index (χ0v) is 14.4. The van der Waals surface area contributed by atoms with Gasteiger partial charge in [-0.05, 0) is 19.4 Å². The molecular formula is C17H19F2N7. The highest BCUT2D eigenvalue weighted by Crippen LogP contribution is 2.21. The maximum absolute atomic E-state index is 13.9. The number of aryl methyl sites for hydroxylation is 1. The third-order valence-corrected chi connectivity index (χ3v) is 3.74. The van der Waals surface area contributed by atoms with Crippen LogP contribution < -0.4 is 10.6 Å². The standard InChI is InChI=1S/C17H19F2N7/c1-3-4-12-8-15(26-25-12)23-17-21-9-20-16(24-17)22-10(2)13-6-5-11(18)7-14(13)19/h5-10H,3-4H2,1-2H3,(H3,20,21,22,23,24,25,26). The second-order valence-corrected chi connectivity index (χ2v) is 5.82. The van der Waals surface area contributed by atoms with Crippen molar-refractivity contribution in [2.75, 3.05) is 10.6 Å². The molecule has 136 valence electrons. The molecule has 0 aliphatic heterocycles. The van der Waals surface area contributed by atoms with Crippen molar-refractivity contribution in [2.24, 2.45) is 0 Å². The van der Waals surface area contributed by atoms with E-state index in [1.807, 2.05) is 6.07 Å². The van der Waals surface area contributed by atoms with Crippen molar-refractivity contribution in [3.8, 4) is 0 Å². The number of aromatic amines is 1. The summed E-state index contributed by atoms with van der Waals surface area (Å²) in [6.45, 7) is 3.82. The highest BCUT2D eigenvalue weighted by atomic mass is 19.1. The van der Waals surface area contributed by atoms with E-state index in [-0.39, 0.29) is 5.95 Å². The molecule has 0 saturated heterocycles. The van der Waals surface area contributed by atoms with E-state index in [2.05, 4.69) is 42.7 Å². The monoisotopic (exact) mass is 359 g/mol. The Morgan fingerprint density at radius 1 is 1.15 bits per heavy atom. The lowest BCUT2D eigenvalue weighted by atomic mass is 10.1. The van der Waals surface area contributed by atoms with Crippen LogP contribution >= 0.6 is 0 Å². The molecule has 1 aromatic carbocycles. The van der Waals surface area contributed by atoms with Crippen LogP contribution in [0.3, 0.4) is 0 Å². The first-order chi connectivity index (χ1) is 12.5. The maximum atomic E-state index is 13.9. The Morgan fingerprint density at radius 3 is 2.73 bits per heavy atom. The molecule has 0 fully saturated rings. The van der Waals surface area contributed by atoms with Gasteiger partial charge in [-0.1, -0.05) is 19.4 Å². The van der Waals surface area contributed by atoms with Gasteiger partial charge in [0.15, 0.2) is 5.82 Å². The van der Waals surface area contributed by atoms with E-state index in [1.165, 1.54) is 18.5 Å².